The van der Waals surface area contributed by atoms with Gasteiger partial charge in [-0.25, -0.2) is 0 Å². The first-order chi connectivity index (χ1) is 11.3. The Kier molecular flexibility index (Phi) is 8.17. The van der Waals surface area contributed by atoms with E-state index in [4.69, 9.17) is 14.6 Å². The fourth-order valence-corrected chi connectivity index (χ4v) is 2.67. The van der Waals surface area contributed by atoms with E-state index in [9.17, 15) is 0 Å². The van der Waals surface area contributed by atoms with Crippen molar-refractivity contribution in [2.45, 2.75) is 0 Å². The van der Waals surface area contributed by atoms with E-state index in [1.54, 1.807) is 7.11 Å². The van der Waals surface area contributed by atoms with Crippen LogP contribution >= 0.6 is 0 Å². The highest BCUT2D eigenvalue weighted by atomic mass is 16.5. The standard InChI is InChI=1S/C17H29N3O3/c1-22-14-15-23-17-4-2-16(3-5-17)20-11-9-19(10-12-20)8-6-18-7-13-21/h2-5,18,21H,6-15H2,1H3. The Bertz CT molecular complexity index is 420. The van der Waals surface area contributed by atoms with E-state index in [-0.39, 0.29) is 6.61 Å². The van der Waals surface area contributed by atoms with E-state index in [0.29, 0.717) is 19.8 Å². The lowest BCUT2D eigenvalue weighted by atomic mass is 10.2. The molecule has 0 aliphatic carbocycles. The molecule has 0 spiro atoms. The monoisotopic (exact) mass is 323 g/mol. The SMILES string of the molecule is COCCOc1ccc(N2CCN(CCNCCO)CC2)cc1. The normalized spacial score (nSPS) is 15.8. The minimum atomic E-state index is 0.207. The molecule has 6 heteroatoms. The molecule has 0 radical (unpaired) electrons. The smallest absolute Gasteiger partial charge is 0.119 e. The number of methoxy groups -OCH3 is 1. The van der Waals surface area contributed by atoms with Crippen molar-refractivity contribution in [1.82, 2.24) is 10.2 Å². The lowest BCUT2D eigenvalue weighted by molar-refractivity contribution is 0.146. The number of ether oxygens (including phenoxy) is 2. The van der Waals surface area contributed by atoms with Gasteiger partial charge in [0.2, 0.25) is 0 Å². The minimum Gasteiger partial charge on any atom is -0.491 e. The largest absolute Gasteiger partial charge is 0.491 e. The van der Waals surface area contributed by atoms with Crippen LogP contribution in [-0.2, 0) is 4.74 Å². The summed E-state index contributed by atoms with van der Waals surface area (Å²) in [6.07, 6.45) is 0. The zero-order chi connectivity index (χ0) is 16.3. The molecular weight excluding hydrogens is 294 g/mol. The lowest BCUT2D eigenvalue weighted by Crippen LogP contribution is -2.48. The molecule has 0 unspecified atom stereocenters. The van der Waals surface area contributed by atoms with Gasteiger partial charge in [0, 0.05) is 58.6 Å². The summed E-state index contributed by atoms with van der Waals surface area (Å²) in [7, 11) is 1.68. The minimum absolute atomic E-state index is 0.207. The average molecular weight is 323 g/mol. The van der Waals surface area contributed by atoms with Crippen LogP contribution in [0.15, 0.2) is 24.3 Å². The summed E-state index contributed by atoms with van der Waals surface area (Å²) in [4.78, 5) is 4.87. The van der Waals surface area contributed by atoms with Crippen molar-refractivity contribution in [3.8, 4) is 5.75 Å². The molecule has 1 saturated heterocycles. The lowest BCUT2D eigenvalue weighted by Gasteiger charge is -2.36. The second kappa shape index (κ2) is 10.4. The van der Waals surface area contributed by atoms with Crippen LogP contribution in [0.2, 0.25) is 0 Å². The summed E-state index contributed by atoms with van der Waals surface area (Å²) in [6, 6.07) is 8.30. The summed E-state index contributed by atoms with van der Waals surface area (Å²) >= 11 is 0. The molecule has 0 amide bonds. The third kappa shape index (κ3) is 6.35. The number of nitrogens with one attached hydrogen (secondary N) is 1. The van der Waals surface area contributed by atoms with E-state index in [1.165, 1.54) is 5.69 Å². The van der Waals surface area contributed by atoms with Crippen LogP contribution in [0, 0.1) is 0 Å². The molecule has 2 rings (SSSR count). The van der Waals surface area contributed by atoms with E-state index in [1.807, 2.05) is 12.1 Å². The van der Waals surface area contributed by atoms with Crippen molar-refractivity contribution in [2.75, 3.05) is 77.6 Å². The molecule has 23 heavy (non-hydrogen) atoms. The van der Waals surface area contributed by atoms with Gasteiger partial charge < -0.3 is 24.8 Å². The first-order valence-electron chi connectivity index (χ1n) is 8.34. The van der Waals surface area contributed by atoms with Crippen molar-refractivity contribution in [2.24, 2.45) is 0 Å². The number of aliphatic hydroxyl groups excluding tert-OH is 1. The molecule has 1 aromatic carbocycles. The molecule has 0 bridgehead atoms. The summed E-state index contributed by atoms with van der Waals surface area (Å²) in [6.45, 7) is 8.30. The molecule has 6 nitrogen and oxygen atoms in total. The van der Waals surface area contributed by atoms with Crippen molar-refractivity contribution >= 4 is 5.69 Å². The Morgan fingerprint density at radius 3 is 2.43 bits per heavy atom. The first-order valence-corrected chi connectivity index (χ1v) is 8.34. The van der Waals surface area contributed by atoms with E-state index >= 15 is 0 Å². The molecule has 130 valence electrons. The number of hydrogen-bond acceptors (Lipinski definition) is 6. The van der Waals surface area contributed by atoms with E-state index < -0.39 is 0 Å². The second-order valence-electron chi connectivity index (χ2n) is 5.64. The van der Waals surface area contributed by atoms with Gasteiger partial charge in [-0.3, -0.25) is 4.90 Å². The summed E-state index contributed by atoms with van der Waals surface area (Å²) in [5.41, 5.74) is 1.25. The molecule has 1 aliphatic rings. The van der Waals surface area contributed by atoms with Gasteiger partial charge in [-0.1, -0.05) is 0 Å². The first kappa shape index (κ1) is 18.0. The van der Waals surface area contributed by atoms with E-state index in [2.05, 4.69) is 27.2 Å². The van der Waals surface area contributed by atoms with Crippen LogP contribution in [0.25, 0.3) is 0 Å². The van der Waals surface area contributed by atoms with Crippen molar-refractivity contribution in [3.63, 3.8) is 0 Å². The van der Waals surface area contributed by atoms with Gasteiger partial charge in [0.15, 0.2) is 0 Å². The number of nitrogens with zero attached hydrogens (tertiary/aromatic N) is 2. The molecule has 1 fully saturated rings. The number of rotatable bonds is 10. The van der Waals surface area contributed by atoms with Gasteiger partial charge in [-0.05, 0) is 24.3 Å². The van der Waals surface area contributed by atoms with Crippen molar-refractivity contribution < 1.29 is 14.6 Å². The predicted molar refractivity (Wildman–Crippen MR) is 92.4 cm³/mol. The van der Waals surface area contributed by atoms with Gasteiger partial charge in [0.1, 0.15) is 12.4 Å². The zero-order valence-electron chi connectivity index (χ0n) is 14.0. The Balaban J connectivity index is 1.70. The van der Waals surface area contributed by atoms with E-state index in [0.717, 1.165) is 45.0 Å². The fraction of sp³-hybridized carbons (Fsp3) is 0.647. The number of piperazine rings is 1. The quantitative estimate of drug-likeness (QED) is 0.609. The molecule has 2 N–H and O–H groups in total. The van der Waals surface area contributed by atoms with Gasteiger partial charge in [-0.15, -0.1) is 0 Å². The maximum Gasteiger partial charge on any atom is 0.119 e. The number of anilines is 1. The van der Waals surface area contributed by atoms with Crippen molar-refractivity contribution in [1.29, 1.82) is 0 Å². The summed E-state index contributed by atoms with van der Waals surface area (Å²) in [5.74, 6) is 0.888. The Morgan fingerprint density at radius 2 is 1.78 bits per heavy atom. The fourth-order valence-electron chi connectivity index (χ4n) is 2.67. The molecule has 1 aliphatic heterocycles. The predicted octanol–water partition coefficient (Wildman–Crippen LogP) is 0.416. The third-order valence-electron chi connectivity index (χ3n) is 4.02. The highest BCUT2D eigenvalue weighted by Gasteiger charge is 2.16. The molecule has 0 aromatic heterocycles. The van der Waals surface area contributed by atoms with Crippen molar-refractivity contribution in [3.05, 3.63) is 24.3 Å². The van der Waals surface area contributed by atoms with Crippen LogP contribution in [0.1, 0.15) is 0 Å². The third-order valence-corrected chi connectivity index (χ3v) is 4.02. The van der Waals surface area contributed by atoms with Crippen LogP contribution in [-0.4, -0.2) is 82.8 Å². The van der Waals surface area contributed by atoms with Gasteiger partial charge >= 0.3 is 0 Å². The van der Waals surface area contributed by atoms with Crippen LogP contribution in [0.4, 0.5) is 5.69 Å². The summed E-state index contributed by atoms with van der Waals surface area (Å²) in [5, 5.41) is 12.0. The topological polar surface area (TPSA) is 57.2 Å². The van der Waals surface area contributed by atoms with Crippen LogP contribution in [0.3, 0.4) is 0 Å². The number of hydrogen-bond donors (Lipinski definition) is 2. The van der Waals surface area contributed by atoms with Crippen LogP contribution < -0.4 is 15.0 Å². The Labute approximate surface area is 139 Å². The van der Waals surface area contributed by atoms with Gasteiger partial charge in [0.05, 0.1) is 13.2 Å². The maximum absolute atomic E-state index is 8.75. The highest BCUT2D eigenvalue weighted by molar-refractivity contribution is 5.49. The van der Waals surface area contributed by atoms with Crippen LogP contribution in [0.5, 0.6) is 5.75 Å². The zero-order valence-corrected chi connectivity index (χ0v) is 14.0. The number of aliphatic hydroxyl groups is 1. The van der Waals surface area contributed by atoms with Gasteiger partial charge in [-0.2, -0.15) is 0 Å². The molecule has 0 atom stereocenters. The summed E-state index contributed by atoms with van der Waals surface area (Å²) < 4.78 is 10.6. The maximum atomic E-state index is 8.75. The Morgan fingerprint density at radius 1 is 1.04 bits per heavy atom. The Hall–Kier alpha value is -1.34. The average Bonchev–Trinajstić information content (AvgIpc) is 2.60. The molecule has 1 heterocycles. The molecule has 0 saturated carbocycles. The molecule has 1 aromatic rings. The number of benzene rings is 1. The highest BCUT2D eigenvalue weighted by Crippen LogP contribution is 2.20. The van der Waals surface area contributed by atoms with Gasteiger partial charge in [0.25, 0.3) is 0 Å². The second-order valence-corrected chi connectivity index (χ2v) is 5.64. The molecular formula is C17H29N3O3.